The minimum absolute atomic E-state index is 0.211. The van der Waals surface area contributed by atoms with E-state index < -0.39 is 5.91 Å². The number of rotatable bonds is 8. The summed E-state index contributed by atoms with van der Waals surface area (Å²) in [6, 6.07) is 15.9. The van der Waals surface area contributed by atoms with Crippen molar-refractivity contribution in [3.8, 4) is 5.75 Å². The molecular formula is C25H32N6O2. The number of carbonyl (C=O) groups excluding carboxylic acids is 1. The SMILES string of the molecule is CC(C)N1CCN(c2ccc(Cc3[nH]nc(NCc4ccc(O)cc4)c3C(N)=O)cc2)CC1. The zero-order chi connectivity index (χ0) is 23.4. The number of hydrogen-bond acceptors (Lipinski definition) is 6. The van der Waals surface area contributed by atoms with Gasteiger partial charge in [0, 0.05) is 50.9 Å². The summed E-state index contributed by atoms with van der Waals surface area (Å²) >= 11 is 0. The van der Waals surface area contributed by atoms with Crippen LogP contribution in [0.5, 0.6) is 5.75 Å². The Morgan fingerprint density at radius 1 is 1.06 bits per heavy atom. The zero-order valence-electron chi connectivity index (χ0n) is 19.2. The van der Waals surface area contributed by atoms with E-state index in [0.717, 1.165) is 37.3 Å². The Labute approximate surface area is 194 Å². The Balaban J connectivity index is 1.41. The number of aromatic nitrogens is 2. The van der Waals surface area contributed by atoms with Crippen LogP contribution in [0.2, 0.25) is 0 Å². The van der Waals surface area contributed by atoms with Crippen molar-refractivity contribution in [2.24, 2.45) is 5.73 Å². The van der Waals surface area contributed by atoms with Gasteiger partial charge in [0.05, 0.1) is 5.69 Å². The summed E-state index contributed by atoms with van der Waals surface area (Å²) in [5, 5.41) is 19.8. The fourth-order valence-corrected chi connectivity index (χ4v) is 4.22. The van der Waals surface area contributed by atoms with Gasteiger partial charge in [-0.2, -0.15) is 5.10 Å². The van der Waals surface area contributed by atoms with Gasteiger partial charge in [-0.1, -0.05) is 24.3 Å². The molecular weight excluding hydrogens is 416 g/mol. The maximum atomic E-state index is 12.2. The van der Waals surface area contributed by atoms with Crippen LogP contribution in [0.1, 0.15) is 41.0 Å². The summed E-state index contributed by atoms with van der Waals surface area (Å²) in [6.07, 6.45) is 0.535. The minimum atomic E-state index is -0.522. The predicted molar refractivity (Wildman–Crippen MR) is 131 cm³/mol. The Hall–Kier alpha value is -3.52. The van der Waals surface area contributed by atoms with E-state index in [1.807, 2.05) is 12.1 Å². The summed E-state index contributed by atoms with van der Waals surface area (Å²) < 4.78 is 0. The van der Waals surface area contributed by atoms with Gasteiger partial charge in [-0.05, 0) is 49.2 Å². The van der Waals surface area contributed by atoms with Crippen LogP contribution < -0.4 is 16.0 Å². The number of primary amides is 1. The molecule has 0 bridgehead atoms. The number of H-pyrrole nitrogens is 1. The van der Waals surface area contributed by atoms with E-state index in [-0.39, 0.29) is 5.75 Å². The highest BCUT2D eigenvalue weighted by atomic mass is 16.3. The predicted octanol–water partition coefficient (Wildman–Crippen LogP) is 2.95. The molecule has 1 aromatic heterocycles. The second-order valence-electron chi connectivity index (χ2n) is 8.77. The molecule has 1 aliphatic rings. The average Bonchev–Trinajstić information content (AvgIpc) is 3.22. The maximum absolute atomic E-state index is 12.2. The molecule has 0 saturated carbocycles. The first-order valence-electron chi connectivity index (χ1n) is 11.4. The van der Waals surface area contributed by atoms with Crippen molar-refractivity contribution in [3.05, 3.63) is 70.9 Å². The number of phenolic OH excluding ortho intramolecular Hbond substituents is 1. The van der Waals surface area contributed by atoms with Crippen molar-refractivity contribution < 1.29 is 9.90 Å². The highest BCUT2D eigenvalue weighted by Crippen LogP contribution is 2.23. The third-order valence-corrected chi connectivity index (χ3v) is 6.21. The van der Waals surface area contributed by atoms with E-state index in [2.05, 4.69) is 63.4 Å². The van der Waals surface area contributed by atoms with E-state index in [4.69, 9.17) is 5.73 Å². The fourth-order valence-electron chi connectivity index (χ4n) is 4.22. The van der Waals surface area contributed by atoms with Crippen LogP contribution in [0.4, 0.5) is 11.5 Å². The quantitative estimate of drug-likeness (QED) is 0.422. The Kier molecular flexibility index (Phi) is 6.84. The van der Waals surface area contributed by atoms with Gasteiger partial charge in [-0.25, -0.2) is 0 Å². The Bertz CT molecular complexity index is 1070. The Morgan fingerprint density at radius 2 is 1.70 bits per heavy atom. The molecule has 2 heterocycles. The summed E-state index contributed by atoms with van der Waals surface area (Å²) in [5.41, 5.74) is 10.00. The molecule has 1 fully saturated rings. The molecule has 8 nitrogen and oxygen atoms in total. The number of piperazine rings is 1. The first kappa shape index (κ1) is 22.7. The van der Waals surface area contributed by atoms with Crippen LogP contribution in [0.3, 0.4) is 0 Å². The second kappa shape index (κ2) is 9.95. The number of amides is 1. The van der Waals surface area contributed by atoms with Crippen molar-refractivity contribution in [2.45, 2.75) is 32.9 Å². The first-order valence-corrected chi connectivity index (χ1v) is 11.4. The third kappa shape index (κ3) is 5.46. The van der Waals surface area contributed by atoms with E-state index in [1.165, 1.54) is 5.69 Å². The molecule has 5 N–H and O–H groups in total. The lowest BCUT2D eigenvalue weighted by molar-refractivity contribution is 0.100. The fraction of sp³-hybridized carbons (Fsp3) is 0.360. The van der Waals surface area contributed by atoms with E-state index in [0.29, 0.717) is 36.1 Å². The molecule has 4 rings (SSSR count). The van der Waals surface area contributed by atoms with Crippen LogP contribution in [0.15, 0.2) is 48.5 Å². The van der Waals surface area contributed by atoms with Gasteiger partial charge in [0.1, 0.15) is 11.3 Å². The van der Waals surface area contributed by atoms with Crippen LogP contribution in [0.25, 0.3) is 0 Å². The molecule has 1 aliphatic heterocycles. The lowest BCUT2D eigenvalue weighted by atomic mass is 10.1. The molecule has 0 radical (unpaired) electrons. The number of nitrogens with one attached hydrogen (secondary N) is 2. The monoisotopic (exact) mass is 448 g/mol. The van der Waals surface area contributed by atoms with Gasteiger partial charge in [-0.15, -0.1) is 0 Å². The lowest BCUT2D eigenvalue weighted by Gasteiger charge is -2.38. The molecule has 3 aromatic rings. The van der Waals surface area contributed by atoms with E-state index in [9.17, 15) is 9.90 Å². The molecule has 0 aliphatic carbocycles. The first-order chi connectivity index (χ1) is 15.9. The van der Waals surface area contributed by atoms with Crippen LogP contribution in [0, 0.1) is 0 Å². The molecule has 0 spiro atoms. The molecule has 8 heteroatoms. The number of anilines is 2. The molecule has 0 unspecified atom stereocenters. The van der Waals surface area contributed by atoms with Gasteiger partial charge in [-0.3, -0.25) is 14.8 Å². The molecule has 33 heavy (non-hydrogen) atoms. The summed E-state index contributed by atoms with van der Waals surface area (Å²) in [7, 11) is 0. The molecule has 1 amide bonds. The van der Waals surface area contributed by atoms with E-state index in [1.54, 1.807) is 12.1 Å². The molecule has 1 saturated heterocycles. The largest absolute Gasteiger partial charge is 0.508 e. The molecule has 0 atom stereocenters. The topological polar surface area (TPSA) is 111 Å². The van der Waals surface area contributed by atoms with Gasteiger partial charge < -0.3 is 21.1 Å². The maximum Gasteiger partial charge on any atom is 0.254 e. The lowest BCUT2D eigenvalue weighted by Crippen LogP contribution is -2.48. The summed E-state index contributed by atoms with van der Waals surface area (Å²) in [4.78, 5) is 17.1. The van der Waals surface area contributed by atoms with Gasteiger partial charge in [0.2, 0.25) is 0 Å². The number of carbonyl (C=O) groups is 1. The average molecular weight is 449 g/mol. The van der Waals surface area contributed by atoms with Gasteiger partial charge in [0.25, 0.3) is 5.91 Å². The summed E-state index contributed by atoms with van der Waals surface area (Å²) in [6.45, 7) is 9.16. The number of nitrogens with zero attached hydrogens (tertiary/aromatic N) is 3. The van der Waals surface area contributed by atoms with Crippen molar-refractivity contribution >= 4 is 17.4 Å². The molecule has 2 aromatic carbocycles. The van der Waals surface area contributed by atoms with Crippen LogP contribution in [-0.4, -0.2) is 58.3 Å². The second-order valence-corrected chi connectivity index (χ2v) is 8.77. The minimum Gasteiger partial charge on any atom is -0.508 e. The van der Waals surface area contributed by atoms with Crippen LogP contribution in [-0.2, 0) is 13.0 Å². The third-order valence-electron chi connectivity index (χ3n) is 6.21. The van der Waals surface area contributed by atoms with Crippen molar-refractivity contribution in [3.63, 3.8) is 0 Å². The number of benzene rings is 2. The van der Waals surface area contributed by atoms with Crippen LogP contribution >= 0.6 is 0 Å². The number of aromatic amines is 1. The highest BCUT2D eigenvalue weighted by Gasteiger charge is 2.20. The number of phenols is 1. The number of aromatic hydroxyl groups is 1. The number of hydrogen-bond donors (Lipinski definition) is 4. The normalized spacial score (nSPS) is 14.6. The van der Waals surface area contributed by atoms with Gasteiger partial charge in [0.15, 0.2) is 5.82 Å². The van der Waals surface area contributed by atoms with Crippen molar-refractivity contribution in [1.29, 1.82) is 0 Å². The molecule has 174 valence electrons. The Morgan fingerprint density at radius 3 is 2.30 bits per heavy atom. The standard InChI is InChI=1S/C25H32N6O2/c1-17(2)30-11-13-31(14-12-30)20-7-3-18(4-8-20)15-22-23(24(26)33)25(29-28-22)27-16-19-5-9-21(32)10-6-19/h3-10,17,32H,11-16H2,1-2H3,(H2,26,33)(H2,27,28,29). The number of nitrogens with two attached hydrogens (primary N) is 1. The zero-order valence-corrected chi connectivity index (χ0v) is 19.2. The van der Waals surface area contributed by atoms with Gasteiger partial charge >= 0.3 is 0 Å². The smallest absolute Gasteiger partial charge is 0.254 e. The van der Waals surface area contributed by atoms with E-state index >= 15 is 0 Å². The highest BCUT2D eigenvalue weighted by molar-refractivity contribution is 5.99. The summed E-state index contributed by atoms with van der Waals surface area (Å²) in [5.74, 6) is 0.124. The van der Waals surface area contributed by atoms with Crippen molar-refractivity contribution in [2.75, 3.05) is 36.4 Å². The van der Waals surface area contributed by atoms with Crippen molar-refractivity contribution in [1.82, 2.24) is 15.1 Å².